The van der Waals surface area contributed by atoms with Gasteiger partial charge in [-0.2, -0.15) is 0 Å². The Labute approximate surface area is 173 Å². The van der Waals surface area contributed by atoms with Gasteiger partial charge in [-0.3, -0.25) is 4.90 Å². The molecule has 0 saturated carbocycles. The van der Waals surface area contributed by atoms with Gasteiger partial charge < -0.3 is 14.4 Å². The molecule has 5 heteroatoms. The van der Waals surface area contributed by atoms with Gasteiger partial charge in [-0.15, -0.1) is 11.8 Å². The molecule has 1 saturated heterocycles. The zero-order valence-corrected chi connectivity index (χ0v) is 18.1. The van der Waals surface area contributed by atoms with Crippen molar-refractivity contribution in [2.45, 2.75) is 24.7 Å². The maximum Gasteiger partial charge on any atom is 0.160 e. The molecule has 4 nitrogen and oxygen atoms in total. The summed E-state index contributed by atoms with van der Waals surface area (Å²) in [7, 11) is 3.37. The van der Waals surface area contributed by atoms with E-state index in [1.54, 1.807) is 14.2 Å². The van der Waals surface area contributed by atoms with E-state index in [4.69, 9.17) is 9.47 Å². The fraction of sp³-hybridized carbons (Fsp3) is 0.478. The van der Waals surface area contributed by atoms with Crippen LogP contribution in [0.4, 0.5) is 5.69 Å². The maximum absolute atomic E-state index is 5.42. The third-order valence-corrected chi connectivity index (χ3v) is 6.39. The van der Waals surface area contributed by atoms with Gasteiger partial charge in [0.05, 0.1) is 14.2 Å². The van der Waals surface area contributed by atoms with Crippen molar-refractivity contribution >= 4 is 17.4 Å². The molecule has 0 N–H and O–H groups in total. The van der Waals surface area contributed by atoms with Crippen LogP contribution >= 0.6 is 11.8 Å². The van der Waals surface area contributed by atoms with E-state index in [1.165, 1.54) is 28.3 Å². The third kappa shape index (κ3) is 5.58. The number of hydrogen-bond acceptors (Lipinski definition) is 5. The summed E-state index contributed by atoms with van der Waals surface area (Å²) in [4.78, 5) is 6.46. The lowest BCUT2D eigenvalue weighted by Crippen LogP contribution is -2.47. The van der Waals surface area contributed by atoms with E-state index in [0.717, 1.165) is 50.6 Å². The van der Waals surface area contributed by atoms with Crippen molar-refractivity contribution in [1.29, 1.82) is 0 Å². The summed E-state index contributed by atoms with van der Waals surface area (Å²) in [5.41, 5.74) is 2.65. The van der Waals surface area contributed by atoms with Gasteiger partial charge in [0.25, 0.3) is 0 Å². The lowest BCUT2D eigenvalue weighted by molar-refractivity contribution is 0.261. The predicted molar refractivity (Wildman–Crippen MR) is 119 cm³/mol. The molecule has 3 rings (SSSR count). The first kappa shape index (κ1) is 20.9. The largest absolute Gasteiger partial charge is 0.493 e. The highest BCUT2D eigenvalue weighted by Crippen LogP contribution is 2.28. The summed E-state index contributed by atoms with van der Waals surface area (Å²) in [5, 5.41) is 0. The van der Waals surface area contributed by atoms with E-state index in [9.17, 15) is 0 Å². The van der Waals surface area contributed by atoms with Gasteiger partial charge in [0, 0.05) is 43.3 Å². The number of methoxy groups -OCH3 is 2. The quantitative estimate of drug-likeness (QED) is 0.574. The fourth-order valence-corrected chi connectivity index (χ4v) is 4.36. The summed E-state index contributed by atoms with van der Waals surface area (Å²) >= 11 is 1.95. The summed E-state index contributed by atoms with van der Waals surface area (Å²) < 4.78 is 10.7. The summed E-state index contributed by atoms with van der Waals surface area (Å²) in [6, 6.07) is 15.2. The highest BCUT2D eigenvalue weighted by atomic mass is 32.2. The van der Waals surface area contributed by atoms with Crippen LogP contribution in [0.1, 0.15) is 18.9 Å². The Morgan fingerprint density at radius 2 is 1.71 bits per heavy atom. The molecule has 2 aromatic carbocycles. The zero-order chi connectivity index (χ0) is 19.8. The Kier molecular flexibility index (Phi) is 7.92. The van der Waals surface area contributed by atoms with Crippen molar-refractivity contribution in [1.82, 2.24) is 4.90 Å². The van der Waals surface area contributed by atoms with Crippen LogP contribution in [-0.4, -0.2) is 57.6 Å². The first-order chi connectivity index (χ1) is 13.7. The average Bonchev–Trinajstić information content (AvgIpc) is 2.76. The number of piperazine rings is 1. The molecule has 1 fully saturated rings. The van der Waals surface area contributed by atoms with E-state index in [2.05, 4.69) is 53.1 Å². The number of ether oxygens (including phenoxy) is 2. The maximum atomic E-state index is 5.42. The Hall–Kier alpha value is -1.85. The van der Waals surface area contributed by atoms with E-state index >= 15 is 0 Å². The number of thioether (sulfide) groups is 1. The van der Waals surface area contributed by atoms with Crippen molar-refractivity contribution in [2.75, 3.05) is 57.6 Å². The van der Waals surface area contributed by atoms with Crippen molar-refractivity contribution in [3.8, 4) is 11.5 Å². The van der Waals surface area contributed by atoms with Crippen LogP contribution in [0.25, 0.3) is 0 Å². The highest BCUT2D eigenvalue weighted by Gasteiger charge is 2.17. The average molecular weight is 401 g/mol. The molecule has 1 heterocycles. The molecule has 0 aromatic heterocycles. The lowest BCUT2D eigenvalue weighted by Gasteiger charge is -2.36. The monoisotopic (exact) mass is 400 g/mol. The highest BCUT2D eigenvalue weighted by molar-refractivity contribution is 7.99. The molecule has 2 aromatic rings. The summed E-state index contributed by atoms with van der Waals surface area (Å²) in [6.07, 6.45) is 2.25. The number of anilines is 1. The summed E-state index contributed by atoms with van der Waals surface area (Å²) in [6.45, 7) is 7.72. The van der Waals surface area contributed by atoms with Crippen molar-refractivity contribution in [2.24, 2.45) is 0 Å². The van der Waals surface area contributed by atoms with Gasteiger partial charge in [0.2, 0.25) is 0 Å². The normalized spacial score (nSPS) is 14.9. The third-order valence-electron chi connectivity index (χ3n) is 5.19. The molecule has 1 aliphatic heterocycles. The Morgan fingerprint density at radius 1 is 0.929 bits per heavy atom. The van der Waals surface area contributed by atoms with Crippen LogP contribution in [0.15, 0.2) is 47.4 Å². The van der Waals surface area contributed by atoms with Gasteiger partial charge >= 0.3 is 0 Å². The molecule has 0 amide bonds. The molecule has 0 spiro atoms. The first-order valence-corrected chi connectivity index (χ1v) is 11.1. The van der Waals surface area contributed by atoms with E-state index in [0.29, 0.717) is 0 Å². The first-order valence-electron chi connectivity index (χ1n) is 10.1. The minimum absolute atomic E-state index is 0.791. The molecular weight excluding hydrogens is 368 g/mol. The van der Waals surface area contributed by atoms with E-state index in [1.807, 2.05) is 17.8 Å². The standard InChI is InChI=1S/C23H32N2O2S/c1-4-16-28-21-7-5-6-20(18-21)25-14-12-24(13-15-25)11-10-19-8-9-22(26-2)23(17-19)27-3/h5-9,17-18H,4,10-16H2,1-3H3. The topological polar surface area (TPSA) is 24.9 Å². The Bertz CT molecular complexity index is 745. The number of hydrogen-bond donors (Lipinski definition) is 0. The van der Waals surface area contributed by atoms with Gasteiger partial charge in [-0.25, -0.2) is 0 Å². The van der Waals surface area contributed by atoms with Crippen LogP contribution in [0.3, 0.4) is 0 Å². The van der Waals surface area contributed by atoms with E-state index in [-0.39, 0.29) is 0 Å². The number of benzene rings is 2. The zero-order valence-electron chi connectivity index (χ0n) is 17.3. The minimum atomic E-state index is 0.791. The second kappa shape index (κ2) is 10.6. The second-order valence-corrected chi connectivity index (χ2v) is 8.28. The molecule has 0 atom stereocenters. The molecule has 0 radical (unpaired) electrons. The Balaban J connectivity index is 1.49. The smallest absolute Gasteiger partial charge is 0.160 e. The number of nitrogens with zero attached hydrogens (tertiary/aromatic N) is 2. The van der Waals surface area contributed by atoms with Crippen LogP contribution in [0.2, 0.25) is 0 Å². The molecule has 152 valence electrons. The molecule has 0 unspecified atom stereocenters. The van der Waals surface area contributed by atoms with Crippen LogP contribution in [0.5, 0.6) is 11.5 Å². The number of rotatable bonds is 9. The SMILES string of the molecule is CCCSc1cccc(N2CCN(CCc3ccc(OC)c(OC)c3)CC2)c1. The predicted octanol–water partition coefficient (Wildman–Crippen LogP) is 4.57. The van der Waals surface area contributed by atoms with Crippen LogP contribution < -0.4 is 14.4 Å². The minimum Gasteiger partial charge on any atom is -0.493 e. The molecular formula is C23H32N2O2S. The molecule has 0 aliphatic carbocycles. The van der Waals surface area contributed by atoms with Gasteiger partial charge in [0.15, 0.2) is 11.5 Å². The lowest BCUT2D eigenvalue weighted by atomic mass is 10.1. The Morgan fingerprint density at radius 3 is 2.43 bits per heavy atom. The molecule has 28 heavy (non-hydrogen) atoms. The van der Waals surface area contributed by atoms with Crippen molar-refractivity contribution in [3.05, 3.63) is 48.0 Å². The summed E-state index contributed by atoms with van der Waals surface area (Å²) in [5.74, 6) is 2.79. The van der Waals surface area contributed by atoms with Crippen molar-refractivity contribution < 1.29 is 9.47 Å². The van der Waals surface area contributed by atoms with Gasteiger partial charge in [-0.05, 0) is 54.5 Å². The van der Waals surface area contributed by atoms with Crippen molar-refractivity contribution in [3.63, 3.8) is 0 Å². The molecule has 0 bridgehead atoms. The van der Waals surface area contributed by atoms with Crippen LogP contribution in [0, 0.1) is 0 Å². The van der Waals surface area contributed by atoms with E-state index < -0.39 is 0 Å². The van der Waals surface area contributed by atoms with Gasteiger partial charge in [0.1, 0.15) is 0 Å². The van der Waals surface area contributed by atoms with Crippen LogP contribution in [-0.2, 0) is 6.42 Å². The van der Waals surface area contributed by atoms with Gasteiger partial charge in [-0.1, -0.05) is 19.1 Å². The fourth-order valence-electron chi connectivity index (χ4n) is 3.54. The second-order valence-electron chi connectivity index (χ2n) is 7.11. The molecule has 1 aliphatic rings.